The first-order valence-corrected chi connectivity index (χ1v) is 11.1. The van der Waals surface area contributed by atoms with Gasteiger partial charge in [-0.25, -0.2) is 0 Å². The van der Waals surface area contributed by atoms with Gasteiger partial charge in [0.15, 0.2) is 0 Å². The Bertz CT molecular complexity index is 1080. The first-order valence-electron chi connectivity index (χ1n) is 10.3. The van der Waals surface area contributed by atoms with E-state index >= 15 is 0 Å². The molecule has 0 aliphatic carbocycles. The summed E-state index contributed by atoms with van der Waals surface area (Å²) in [6.07, 6.45) is 1.62. The SMILES string of the molecule is Cc1cc(NC(=O)C(=O)NCC2(Sc3ccccc3)CCOCC2)c2ccccc2n1. The highest BCUT2D eigenvalue weighted by molar-refractivity contribution is 8.00. The molecule has 1 aromatic heterocycles. The molecule has 0 radical (unpaired) electrons. The second-order valence-electron chi connectivity index (χ2n) is 7.68. The Balaban J connectivity index is 1.44. The molecule has 1 fully saturated rings. The fraction of sp³-hybridized carbons (Fsp3) is 0.292. The molecule has 4 rings (SSSR count). The van der Waals surface area contributed by atoms with E-state index in [0.717, 1.165) is 34.3 Å². The van der Waals surface area contributed by atoms with Crippen molar-refractivity contribution in [2.45, 2.75) is 29.4 Å². The second-order valence-corrected chi connectivity index (χ2v) is 9.22. The number of aromatic nitrogens is 1. The first-order chi connectivity index (χ1) is 15.0. The third-order valence-electron chi connectivity index (χ3n) is 5.35. The van der Waals surface area contributed by atoms with Gasteiger partial charge in [0.1, 0.15) is 0 Å². The van der Waals surface area contributed by atoms with E-state index in [1.54, 1.807) is 17.8 Å². The number of thioether (sulfide) groups is 1. The second kappa shape index (κ2) is 9.49. The van der Waals surface area contributed by atoms with E-state index in [4.69, 9.17) is 4.74 Å². The summed E-state index contributed by atoms with van der Waals surface area (Å²) in [7, 11) is 0. The summed E-state index contributed by atoms with van der Waals surface area (Å²) >= 11 is 1.74. The molecule has 1 aliphatic heterocycles. The van der Waals surface area contributed by atoms with Crippen LogP contribution in [0.5, 0.6) is 0 Å². The Labute approximate surface area is 185 Å². The van der Waals surface area contributed by atoms with E-state index < -0.39 is 11.8 Å². The van der Waals surface area contributed by atoms with Crippen LogP contribution in [0.1, 0.15) is 18.5 Å². The molecule has 2 N–H and O–H groups in total. The highest BCUT2D eigenvalue weighted by Crippen LogP contribution is 2.40. The lowest BCUT2D eigenvalue weighted by Gasteiger charge is -2.36. The average molecular weight is 436 g/mol. The molecule has 2 aromatic carbocycles. The van der Waals surface area contributed by atoms with Gasteiger partial charge in [-0.05, 0) is 44.0 Å². The van der Waals surface area contributed by atoms with Crippen LogP contribution in [0.4, 0.5) is 5.69 Å². The van der Waals surface area contributed by atoms with E-state index in [9.17, 15) is 9.59 Å². The maximum absolute atomic E-state index is 12.6. The third kappa shape index (κ3) is 5.24. The predicted molar refractivity (Wildman–Crippen MR) is 123 cm³/mol. The van der Waals surface area contributed by atoms with E-state index in [0.29, 0.717) is 25.4 Å². The summed E-state index contributed by atoms with van der Waals surface area (Å²) in [6.45, 7) is 3.55. The summed E-state index contributed by atoms with van der Waals surface area (Å²) in [6, 6.07) is 19.4. The van der Waals surface area contributed by atoms with Crippen LogP contribution in [0, 0.1) is 6.92 Å². The number of nitrogens with zero attached hydrogens (tertiary/aromatic N) is 1. The normalized spacial score (nSPS) is 15.4. The number of pyridine rings is 1. The first kappa shape index (κ1) is 21.3. The maximum atomic E-state index is 12.6. The van der Waals surface area contributed by atoms with Gasteiger partial charge in [0, 0.05) is 40.5 Å². The highest BCUT2D eigenvalue weighted by Gasteiger charge is 2.35. The number of nitrogens with one attached hydrogen (secondary N) is 2. The zero-order valence-corrected chi connectivity index (χ0v) is 18.2. The van der Waals surface area contributed by atoms with Crippen molar-refractivity contribution < 1.29 is 14.3 Å². The quantitative estimate of drug-likeness (QED) is 0.594. The number of aryl methyl sites for hydroxylation is 1. The van der Waals surface area contributed by atoms with Crippen molar-refractivity contribution in [1.82, 2.24) is 10.3 Å². The van der Waals surface area contributed by atoms with Crippen LogP contribution >= 0.6 is 11.8 Å². The number of carbonyl (C=O) groups excluding carboxylic acids is 2. The largest absolute Gasteiger partial charge is 0.381 e. The smallest absolute Gasteiger partial charge is 0.313 e. The Kier molecular flexibility index (Phi) is 6.53. The Morgan fingerprint density at radius 3 is 2.52 bits per heavy atom. The van der Waals surface area contributed by atoms with Crippen LogP contribution in [0.3, 0.4) is 0 Å². The summed E-state index contributed by atoms with van der Waals surface area (Å²) in [4.78, 5) is 30.9. The molecule has 6 nitrogen and oxygen atoms in total. The molecule has 0 unspecified atom stereocenters. The number of amides is 2. The number of ether oxygens (including phenoxy) is 1. The van der Waals surface area contributed by atoms with Crippen LogP contribution in [-0.2, 0) is 14.3 Å². The molecule has 7 heteroatoms. The van der Waals surface area contributed by atoms with Crippen molar-refractivity contribution in [2.75, 3.05) is 25.1 Å². The van der Waals surface area contributed by atoms with Crippen molar-refractivity contribution in [3.63, 3.8) is 0 Å². The minimum atomic E-state index is -0.678. The number of fused-ring (bicyclic) bond motifs is 1. The van der Waals surface area contributed by atoms with Gasteiger partial charge in [0.25, 0.3) is 0 Å². The molecule has 0 spiro atoms. The Morgan fingerprint density at radius 1 is 1.03 bits per heavy atom. The standard InChI is InChI=1S/C24H25N3O3S/c1-17-15-21(19-9-5-6-10-20(19)26-17)27-23(29)22(28)25-16-24(11-13-30-14-12-24)31-18-7-3-2-4-8-18/h2-10,15H,11-14,16H2,1H3,(H,25,28)(H,26,27,29). The average Bonchev–Trinajstić information content (AvgIpc) is 2.78. The summed E-state index contributed by atoms with van der Waals surface area (Å²) in [5.74, 6) is -1.32. The molecular weight excluding hydrogens is 410 g/mol. The molecule has 2 heterocycles. The van der Waals surface area contributed by atoms with Crippen molar-refractivity contribution in [3.8, 4) is 0 Å². The summed E-state index contributed by atoms with van der Waals surface area (Å²) in [5.41, 5.74) is 2.14. The zero-order chi connectivity index (χ0) is 21.7. The lowest BCUT2D eigenvalue weighted by atomic mass is 9.99. The number of anilines is 1. The Hall–Kier alpha value is -2.90. The van der Waals surface area contributed by atoms with Gasteiger partial charge < -0.3 is 15.4 Å². The summed E-state index contributed by atoms with van der Waals surface area (Å²) < 4.78 is 5.34. The number of rotatable bonds is 5. The monoisotopic (exact) mass is 435 g/mol. The zero-order valence-electron chi connectivity index (χ0n) is 17.4. The van der Waals surface area contributed by atoms with E-state index in [1.165, 1.54) is 0 Å². The molecule has 160 valence electrons. The van der Waals surface area contributed by atoms with Crippen LogP contribution in [0.25, 0.3) is 10.9 Å². The lowest BCUT2D eigenvalue weighted by molar-refractivity contribution is -0.136. The molecule has 1 aliphatic rings. The fourth-order valence-electron chi connectivity index (χ4n) is 3.71. The van der Waals surface area contributed by atoms with Crippen LogP contribution in [0.2, 0.25) is 0 Å². The number of hydrogen-bond donors (Lipinski definition) is 2. The van der Waals surface area contributed by atoms with Crippen LogP contribution in [0.15, 0.2) is 65.6 Å². The molecular formula is C24H25N3O3S. The fourth-order valence-corrected chi connectivity index (χ4v) is 5.02. The topological polar surface area (TPSA) is 80.3 Å². The molecule has 0 saturated carbocycles. The van der Waals surface area contributed by atoms with E-state index in [2.05, 4.69) is 27.8 Å². The number of carbonyl (C=O) groups is 2. The summed E-state index contributed by atoms with van der Waals surface area (Å²) in [5, 5.41) is 6.41. The number of benzene rings is 2. The van der Waals surface area contributed by atoms with Crippen LogP contribution < -0.4 is 10.6 Å². The third-order valence-corrected chi connectivity index (χ3v) is 6.84. The molecule has 0 atom stereocenters. The van der Waals surface area contributed by atoms with Gasteiger partial charge in [-0.2, -0.15) is 0 Å². The van der Waals surface area contributed by atoms with Crippen LogP contribution in [-0.4, -0.2) is 41.3 Å². The minimum absolute atomic E-state index is 0.199. The van der Waals surface area contributed by atoms with Crippen molar-refractivity contribution >= 4 is 40.2 Å². The van der Waals surface area contributed by atoms with Crippen molar-refractivity contribution in [2.24, 2.45) is 0 Å². The number of para-hydroxylation sites is 1. The maximum Gasteiger partial charge on any atom is 0.313 e. The molecule has 1 saturated heterocycles. The van der Waals surface area contributed by atoms with Crippen molar-refractivity contribution in [3.05, 3.63) is 66.4 Å². The number of hydrogen-bond acceptors (Lipinski definition) is 5. The lowest BCUT2D eigenvalue weighted by Crippen LogP contribution is -2.47. The van der Waals surface area contributed by atoms with Gasteiger partial charge in [-0.15, -0.1) is 11.8 Å². The van der Waals surface area contributed by atoms with Gasteiger partial charge in [-0.1, -0.05) is 36.4 Å². The van der Waals surface area contributed by atoms with E-state index in [-0.39, 0.29) is 4.75 Å². The van der Waals surface area contributed by atoms with Gasteiger partial charge in [0.05, 0.1) is 11.2 Å². The highest BCUT2D eigenvalue weighted by atomic mass is 32.2. The van der Waals surface area contributed by atoms with Crippen molar-refractivity contribution in [1.29, 1.82) is 0 Å². The predicted octanol–water partition coefficient (Wildman–Crippen LogP) is 3.94. The van der Waals surface area contributed by atoms with Gasteiger partial charge in [0.2, 0.25) is 0 Å². The Morgan fingerprint density at radius 2 is 1.74 bits per heavy atom. The molecule has 2 amide bonds. The van der Waals surface area contributed by atoms with Gasteiger partial charge >= 0.3 is 11.8 Å². The van der Waals surface area contributed by atoms with Gasteiger partial charge in [-0.3, -0.25) is 14.6 Å². The van der Waals surface area contributed by atoms with E-state index in [1.807, 2.05) is 49.4 Å². The molecule has 3 aromatic rings. The molecule has 0 bridgehead atoms. The molecule has 31 heavy (non-hydrogen) atoms. The minimum Gasteiger partial charge on any atom is -0.381 e.